The van der Waals surface area contributed by atoms with Crippen molar-refractivity contribution in [3.8, 4) is 0 Å². The van der Waals surface area contributed by atoms with E-state index in [4.69, 9.17) is 5.73 Å². The highest BCUT2D eigenvalue weighted by Gasteiger charge is 2.15. The molecule has 0 aliphatic carbocycles. The molecule has 4 heteroatoms. The van der Waals surface area contributed by atoms with Crippen LogP contribution in [-0.2, 0) is 0 Å². The van der Waals surface area contributed by atoms with Crippen LogP contribution in [0.15, 0.2) is 24.3 Å². The Bertz CT molecular complexity index is 337. The van der Waals surface area contributed by atoms with E-state index in [1.165, 1.54) is 0 Å². The van der Waals surface area contributed by atoms with Gasteiger partial charge in [0.1, 0.15) is 0 Å². The van der Waals surface area contributed by atoms with Crippen molar-refractivity contribution in [3.63, 3.8) is 0 Å². The van der Waals surface area contributed by atoms with Crippen LogP contribution in [-0.4, -0.2) is 42.7 Å². The number of benzene rings is 1. The van der Waals surface area contributed by atoms with Crippen LogP contribution in [0, 0.1) is 0 Å². The Kier molecular flexibility index (Phi) is 3.77. The van der Waals surface area contributed by atoms with Gasteiger partial charge in [-0.2, -0.15) is 0 Å². The Labute approximate surface area is 96.1 Å². The Hall–Kier alpha value is -1.10. The molecule has 1 atom stereocenters. The highest BCUT2D eigenvalue weighted by molar-refractivity contribution is 5.41. The van der Waals surface area contributed by atoms with Gasteiger partial charge in [-0.05, 0) is 17.7 Å². The van der Waals surface area contributed by atoms with Gasteiger partial charge in [-0.1, -0.05) is 12.1 Å². The Morgan fingerprint density at radius 2 is 2.12 bits per heavy atom. The molecule has 1 aromatic rings. The fraction of sp³-hybridized carbons (Fsp3) is 0.500. The van der Waals surface area contributed by atoms with E-state index in [0.717, 1.165) is 31.7 Å². The van der Waals surface area contributed by atoms with Crippen LogP contribution < -0.4 is 11.1 Å². The van der Waals surface area contributed by atoms with Gasteiger partial charge in [0, 0.05) is 38.4 Å². The second-order valence-corrected chi connectivity index (χ2v) is 4.24. The van der Waals surface area contributed by atoms with Crippen molar-refractivity contribution >= 4 is 5.69 Å². The quantitative estimate of drug-likeness (QED) is 0.638. The van der Waals surface area contributed by atoms with E-state index < -0.39 is 6.10 Å². The number of β-amino-alcohol motifs (C(OH)–C–C–N with tert-alkyl or cyclic N) is 1. The molecule has 1 unspecified atom stereocenters. The van der Waals surface area contributed by atoms with Crippen LogP contribution in [0.3, 0.4) is 0 Å². The first-order valence-electron chi connectivity index (χ1n) is 5.72. The minimum absolute atomic E-state index is 0.443. The second-order valence-electron chi connectivity index (χ2n) is 4.24. The van der Waals surface area contributed by atoms with Gasteiger partial charge in [0.2, 0.25) is 0 Å². The zero-order valence-electron chi connectivity index (χ0n) is 9.39. The largest absolute Gasteiger partial charge is 0.399 e. The van der Waals surface area contributed by atoms with Crippen molar-refractivity contribution in [1.82, 2.24) is 10.2 Å². The van der Waals surface area contributed by atoms with Gasteiger partial charge in [-0.15, -0.1) is 0 Å². The summed E-state index contributed by atoms with van der Waals surface area (Å²) in [5.74, 6) is 0. The minimum atomic E-state index is -0.443. The maximum atomic E-state index is 10.1. The maximum absolute atomic E-state index is 10.1. The Morgan fingerprint density at radius 1 is 1.38 bits per heavy atom. The van der Waals surface area contributed by atoms with E-state index in [-0.39, 0.29) is 0 Å². The average molecular weight is 221 g/mol. The highest BCUT2D eigenvalue weighted by Crippen LogP contribution is 2.16. The van der Waals surface area contributed by atoms with Crippen molar-refractivity contribution in [2.45, 2.75) is 6.10 Å². The van der Waals surface area contributed by atoms with Crippen molar-refractivity contribution in [3.05, 3.63) is 29.8 Å². The summed E-state index contributed by atoms with van der Waals surface area (Å²) in [6, 6.07) is 7.47. The number of nitrogens with zero attached hydrogens (tertiary/aromatic N) is 1. The third-order valence-corrected chi connectivity index (χ3v) is 2.94. The molecule has 1 saturated heterocycles. The van der Waals surface area contributed by atoms with Crippen LogP contribution in [0.1, 0.15) is 11.7 Å². The zero-order chi connectivity index (χ0) is 11.4. The molecule has 0 bridgehead atoms. The fourth-order valence-corrected chi connectivity index (χ4v) is 2.01. The van der Waals surface area contributed by atoms with E-state index in [0.29, 0.717) is 12.2 Å². The number of aliphatic hydroxyl groups is 1. The van der Waals surface area contributed by atoms with Gasteiger partial charge >= 0.3 is 0 Å². The van der Waals surface area contributed by atoms with Crippen molar-refractivity contribution in [2.75, 3.05) is 38.5 Å². The monoisotopic (exact) mass is 221 g/mol. The molecule has 1 aliphatic rings. The lowest BCUT2D eigenvalue weighted by atomic mass is 10.1. The number of piperazine rings is 1. The van der Waals surface area contributed by atoms with E-state index in [1.807, 2.05) is 24.3 Å². The van der Waals surface area contributed by atoms with Crippen LogP contribution >= 0.6 is 0 Å². The molecule has 0 aromatic heterocycles. The molecule has 4 N–H and O–H groups in total. The van der Waals surface area contributed by atoms with Gasteiger partial charge in [-0.3, -0.25) is 4.90 Å². The molecule has 1 fully saturated rings. The molecule has 0 radical (unpaired) electrons. The van der Waals surface area contributed by atoms with E-state index in [9.17, 15) is 5.11 Å². The van der Waals surface area contributed by atoms with Crippen LogP contribution in [0.2, 0.25) is 0 Å². The molecule has 0 amide bonds. The first kappa shape index (κ1) is 11.4. The van der Waals surface area contributed by atoms with E-state index >= 15 is 0 Å². The lowest BCUT2D eigenvalue weighted by Crippen LogP contribution is -2.44. The summed E-state index contributed by atoms with van der Waals surface area (Å²) in [5, 5.41) is 13.4. The lowest BCUT2D eigenvalue weighted by molar-refractivity contribution is 0.105. The van der Waals surface area contributed by atoms with Crippen LogP contribution in [0.5, 0.6) is 0 Å². The maximum Gasteiger partial charge on any atom is 0.0917 e. The number of aliphatic hydroxyl groups excluding tert-OH is 1. The topological polar surface area (TPSA) is 61.5 Å². The number of hydrogen-bond acceptors (Lipinski definition) is 4. The third kappa shape index (κ3) is 2.95. The van der Waals surface area contributed by atoms with Crippen LogP contribution in [0.25, 0.3) is 0 Å². The second kappa shape index (κ2) is 5.30. The Morgan fingerprint density at radius 3 is 2.81 bits per heavy atom. The molecule has 4 nitrogen and oxygen atoms in total. The zero-order valence-corrected chi connectivity index (χ0v) is 9.39. The number of nitrogens with two attached hydrogens (primary N) is 1. The number of rotatable bonds is 3. The third-order valence-electron chi connectivity index (χ3n) is 2.94. The highest BCUT2D eigenvalue weighted by atomic mass is 16.3. The summed E-state index contributed by atoms with van der Waals surface area (Å²) in [4.78, 5) is 2.27. The molecule has 1 aliphatic heterocycles. The fourth-order valence-electron chi connectivity index (χ4n) is 2.01. The Balaban J connectivity index is 1.94. The molecule has 88 valence electrons. The smallest absolute Gasteiger partial charge is 0.0917 e. The number of nitrogens with one attached hydrogen (secondary N) is 1. The summed E-state index contributed by atoms with van der Waals surface area (Å²) in [6.07, 6.45) is -0.443. The first-order chi connectivity index (χ1) is 7.75. The molecule has 1 aromatic carbocycles. The standard InChI is InChI=1S/C12H19N3O/c13-11-3-1-2-10(8-11)12(16)9-15-6-4-14-5-7-15/h1-3,8,12,14,16H,4-7,9,13H2. The van der Waals surface area contributed by atoms with Gasteiger partial charge in [0.05, 0.1) is 6.10 Å². The summed E-state index contributed by atoms with van der Waals surface area (Å²) in [6.45, 7) is 4.69. The molecular weight excluding hydrogens is 202 g/mol. The van der Waals surface area contributed by atoms with Gasteiger partial charge < -0.3 is 16.2 Å². The SMILES string of the molecule is Nc1cccc(C(O)CN2CCNCC2)c1. The molecule has 0 saturated carbocycles. The molecule has 16 heavy (non-hydrogen) atoms. The molecule has 2 rings (SSSR count). The molecule has 0 spiro atoms. The predicted octanol–water partition coefficient (Wildman–Crippen LogP) is 0.207. The first-order valence-corrected chi connectivity index (χ1v) is 5.72. The normalized spacial score (nSPS) is 19.6. The van der Waals surface area contributed by atoms with E-state index in [1.54, 1.807) is 0 Å². The van der Waals surface area contributed by atoms with E-state index in [2.05, 4.69) is 10.2 Å². The molecular formula is C12H19N3O. The average Bonchev–Trinajstić information content (AvgIpc) is 2.30. The van der Waals surface area contributed by atoms with Crippen molar-refractivity contribution in [2.24, 2.45) is 0 Å². The summed E-state index contributed by atoms with van der Waals surface area (Å²) >= 11 is 0. The van der Waals surface area contributed by atoms with Crippen molar-refractivity contribution in [1.29, 1.82) is 0 Å². The van der Waals surface area contributed by atoms with Gasteiger partial charge in [-0.25, -0.2) is 0 Å². The van der Waals surface area contributed by atoms with Gasteiger partial charge in [0.15, 0.2) is 0 Å². The minimum Gasteiger partial charge on any atom is -0.399 e. The van der Waals surface area contributed by atoms with Crippen LogP contribution in [0.4, 0.5) is 5.69 Å². The van der Waals surface area contributed by atoms with Gasteiger partial charge in [0.25, 0.3) is 0 Å². The summed E-state index contributed by atoms with van der Waals surface area (Å²) in [5.41, 5.74) is 7.30. The number of anilines is 1. The summed E-state index contributed by atoms with van der Waals surface area (Å²) < 4.78 is 0. The lowest BCUT2D eigenvalue weighted by Gasteiger charge is -2.29. The molecule has 1 heterocycles. The van der Waals surface area contributed by atoms with Crippen molar-refractivity contribution < 1.29 is 5.11 Å². The number of nitrogen functional groups attached to an aromatic ring is 1. The predicted molar refractivity (Wildman–Crippen MR) is 65.1 cm³/mol. The number of hydrogen-bond donors (Lipinski definition) is 3. The summed E-state index contributed by atoms with van der Waals surface area (Å²) in [7, 11) is 0.